The maximum atomic E-state index is 12.9. The zero-order valence-corrected chi connectivity index (χ0v) is 15.7. The van der Waals surface area contributed by atoms with Crippen LogP contribution in [0.4, 0.5) is 5.82 Å². The summed E-state index contributed by atoms with van der Waals surface area (Å²) < 4.78 is 0. The van der Waals surface area contributed by atoms with Crippen molar-refractivity contribution in [3.05, 3.63) is 23.4 Å². The van der Waals surface area contributed by atoms with Gasteiger partial charge in [-0.15, -0.1) is 0 Å². The first-order chi connectivity index (χ1) is 12.5. The number of anilines is 1. The average Bonchev–Trinajstić information content (AvgIpc) is 2.67. The molecule has 3 rings (SSSR count). The normalized spacial score (nSPS) is 21.7. The zero-order chi connectivity index (χ0) is 18.5. The Bertz CT molecular complexity index is 629. The first-order valence-electron chi connectivity index (χ1n) is 9.40. The van der Waals surface area contributed by atoms with E-state index in [1.54, 1.807) is 6.20 Å². The van der Waals surface area contributed by atoms with Gasteiger partial charge in [0.15, 0.2) is 0 Å². The Morgan fingerprint density at radius 2 is 1.96 bits per heavy atom. The summed E-state index contributed by atoms with van der Waals surface area (Å²) in [5.74, 6) is 0.788. The summed E-state index contributed by atoms with van der Waals surface area (Å²) in [6.07, 6.45) is 6.18. The number of hydrogen-bond acceptors (Lipinski definition) is 4. The molecule has 0 bridgehead atoms. The van der Waals surface area contributed by atoms with Crippen LogP contribution in [0, 0.1) is 11.8 Å². The van der Waals surface area contributed by atoms with Crippen LogP contribution in [0.3, 0.4) is 0 Å². The minimum Gasteiger partial charge on any atom is -0.481 e. The van der Waals surface area contributed by atoms with Crippen LogP contribution in [0.15, 0.2) is 18.3 Å². The van der Waals surface area contributed by atoms with Gasteiger partial charge in [0.1, 0.15) is 5.82 Å². The van der Waals surface area contributed by atoms with Crippen molar-refractivity contribution in [3.8, 4) is 0 Å². The SMILES string of the molecule is O=C(O)CC[C@H]1CCCN(C(=O)C2CCN(c3ccc(Cl)cn3)CC2)C1. The molecule has 7 heteroatoms. The minimum absolute atomic E-state index is 0.0665. The lowest BCUT2D eigenvalue weighted by atomic mass is 9.90. The Hall–Kier alpha value is -1.82. The van der Waals surface area contributed by atoms with Gasteiger partial charge >= 0.3 is 5.97 Å². The van der Waals surface area contributed by atoms with Crippen LogP contribution in [0.25, 0.3) is 0 Å². The number of likely N-dealkylation sites (tertiary alicyclic amines) is 1. The van der Waals surface area contributed by atoms with Crippen LogP contribution in [0.1, 0.15) is 38.5 Å². The number of amides is 1. The highest BCUT2D eigenvalue weighted by atomic mass is 35.5. The summed E-state index contributed by atoms with van der Waals surface area (Å²) in [5, 5.41) is 9.49. The van der Waals surface area contributed by atoms with E-state index >= 15 is 0 Å². The van der Waals surface area contributed by atoms with Gasteiger partial charge in [0.05, 0.1) is 5.02 Å². The number of halogens is 1. The topological polar surface area (TPSA) is 73.7 Å². The van der Waals surface area contributed by atoms with Gasteiger partial charge in [-0.1, -0.05) is 11.6 Å². The van der Waals surface area contributed by atoms with E-state index in [-0.39, 0.29) is 18.2 Å². The molecular weight excluding hydrogens is 354 g/mol. The fourth-order valence-electron chi connectivity index (χ4n) is 4.00. The van der Waals surface area contributed by atoms with E-state index in [1.165, 1.54) is 0 Å². The van der Waals surface area contributed by atoms with Crippen LogP contribution < -0.4 is 4.90 Å². The van der Waals surface area contributed by atoms with Crippen molar-refractivity contribution in [2.24, 2.45) is 11.8 Å². The quantitative estimate of drug-likeness (QED) is 0.851. The molecule has 0 saturated carbocycles. The number of carboxylic acid groups (broad SMARTS) is 1. The van der Waals surface area contributed by atoms with Gasteiger partial charge < -0.3 is 14.9 Å². The van der Waals surface area contributed by atoms with Gasteiger partial charge in [0.25, 0.3) is 0 Å². The Morgan fingerprint density at radius 1 is 1.19 bits per heavy atom. The second kappa shape index (κ2) is 8.71. The summed E-state index contributed by atoms with van der Waals surface area (Å²) in [7, 11) is 0. The number of carbonyl (C=O) groups excluding carboxylic acids is 1. The fraction of sp³-hybridized carbons (Fsp3) is 0.632. The minimum atomic E-state index is -0.753. The van der Waals surface area contributed by atoms with Crippen molar-refractivity contribution in [3.63, 3.8) is 0 Å². The largest absolute Gasteiger partial charge is 0.481 e. The lowest BCUT2D eigenvalue weighted by Crippen LogP contribution is -2.46. The highest BCUT2D eigenvalue weighted by molar-refractivity contribution is 6.30. The Kier molecular flexibility index (Phi) is 6.35. The van der Waals surface area contributed by atoms with Gasteiger partial charge in [-0.25, -0.2) is 4.98 Å². The van der Waals surface area contributed by atoms with E-state index < -0.39 is 5.97 Å². The van der Waals surface area contributed by atoms with E-state index in [4.69, 9.17) is 16.7 Å². The number of carboxylic acids is 1. The molecule has 2 saturated heterocycles. The number of aromatic nitrogens is 1. The molecule has 2 aliphatic rings. The number of hydrogen-bond donors (Lipinski definition) is 1. The Labute approximate surface area is 159 Å². The summed E-state index contributed by atoms with van der Waals surface area (Å²) in [6, 6.07) is 3.76. The van der Waals surface area contributed by atoms with Gasteiger partial charge in [-0.05, 0) is 50.2 Å². The number of aliphatic carboxylic acids is 1. The molecule has 2 fully saturated rings. The van der Waals surface area contributed by atoms with Crippen molar-refractivity contribution < 1.29 is 14.7 Å². The van der Waals surface area contributed by atoms with Gasteiger partial charge in [-0.2, -0.15) is 0 Å². The van der Waals surface area contributed by atoms with Crippen LogP contribution in [-0.2, 0) is 9.59 Å². The number of piperidine rings is 2. The van der Waals surface area contributed by atoms with E-state index in [9.17, 15) is 9.59 Å². The summed E-state index contributed by atoms with van der Waals surface area (Å²) >= 11 is 5.89. The van der Waals surface area contributed by atoms with Crippen molar-refractivity contribution in [2.75, 3.05) is 31.1 Å². The van der Waals surface area contributed by atoms with Crippen molar-refractivity contribution in [1.29, 1.82) is 0 Å². The standard InChI is InChI=1S/C19H26ClN3O3/c20-16-4-5-17(21-12-16)22-10-7-15(8-11-22)19(26)23-9-1-2-14(13-23)3-6-18(24)25/h4-5,12,14-15H,1-3,6-11,13H2,(H,24,25)/t14-/m1/s1. The van der Waals surface area contributed by atoms with E-state index in [1.807, 2.05) is 17.0 Å². The third-order valence-electron chi connectivity index (χ3n) is 5.48. The molecule has 0 unspecified atom stereocenters. The number of nitrogens with zero attached hydrogens (tertiary/aromatic N) is 3. The van der Waals surface area contributed by atoms with Crippen LogP contribution in [-0.4, -0.2) is 53.0 Å². The second-order valence-corrected chi connectivity index (χ2v) is 7.76. The first-order valence-corrected chi connectivity index (χ1v) is 9.78. The first kappa shape index (κ1) is 19.0. The van der Waals surface area contributed by atoms with Crippen LogP contribution in [0.5, 0.6) is 0 Å². The molecule has 1 N–H and O–H groups in total. The third-order valence-corrected chi connectivity index (χ3v) is 5.70. The van der Waals surface area contributed by atoms with Crippen LogP contribution in [0.2, 0.25) is 5.02 Å². The van der Waals surface area contributed by atoms with Crippen molar-refractivity contribution in [1.82, 2.24) is 9.88 Å². The maximum absolute atomic E-state index is 12.9. The monoisotopic (exact) mass is 379 g/mol. The summed E-state index contributed by atoms with van der Waals surface area (Å²) in [6.45, 7) is 3.16. The molecule has 0 aliphatic carbocycles. The summed E-state index contributed by atoms with van der Waals surface area (Å²) in [5.41, 5.74) is 0. The highest BCUT2D eigenvalue weighted by Gasteiger charge is 2.31. The predicted octanol–water partition coefficient (Wildman–Crippen LogP) is 3.05. The number of pyridine rings is 1. The molecule has 142 valence electrons. The third kappa shape index (κ3) is 4.87. The molecule has 1 aromatic rings. The maximum Gasteiger partial charge on any atom is 0.303 e. The molecule has 26 heavy (non-hydrogen) atoms. The molecule has 6 nitrogen and oxygen atoms in total. The van der Waals surface area contributed by atoms with Crippen LogP contribution >= 0.6 is 11.6 Å². The van der Waals surface area contributed by atoms with E-state index in [0.717, 1.165) is 51.1 Å². The Morgan fingerprint density at radius 3 is 2.62 bits per heavy atom. The highest BCUT2D eigenvalue weighted by Crippen LogP contribution is 2.27. The summed E-state index contributed by atoms with van der Waals surface area (Å²) in [4.78, 5) is 32.2. The Balaban J connectivity index is 1.49. The second-order valence-electron chi connectivity index (χ2n) is 7.32. The zero-order valence-electron chi connectivity index (χ0n) is 14.9. The molecule has 1 amide bonds. The number of carbonyl (C=O) groups is 2. The lowest BCUT2D eigenvalue weighted by molar-refractivity contribution is -0.138. The molecule has 1 atom stereocenters. The molecule has 0 radical (unpaired) electrons. The smallest absolute Gasteiger partial charge is 0.303 e. The van der Waals surface area contributed by atoms with Gasteiger partial charge in [-0.3, -0.25) is 9.59 Å². The molecule has 2 aliphatic heterocycles. The molecule has 0 spiro atoms. The van der Waals surface area contributed by atoms with Crippen molar-refractivity contribution >= 4 is 29.3 Å². The van der Waals surface area contributed by atoms with E-state index in [2.05, 4.69) is 9.88 Å². The molecule has 3 heterocycles. The number of rotatable bonds is 5. The van der Waals surface area contributed by atoms with Gasteiger partial charge in [0, 0.05) is 44.7 Å². The molecule has 0 aromatic carbocycles. The van der Waals surface area contributed by atoms with E-state index in [0.29, 0.717) is 23.9 Å². The average molecular weight is 380 g/mol. The molecular formula is C19H26ClN3O3. The fourth-order valence-corrected chi connectivity index (χ4v) is 4.11. The lowest BCUT2D eigenvalue weighted by Gasteiger charge is -2.38. The predicted molar refractivity (Wildman–Crippen MR) is 100 cm³/mol. The molecule has 1 aromatic heterocycles. The van der Waals surface area contributed by atoms with Crippen molar-refractivity contribution in [2.45, 2.75) is 38.5 Å². The van der Waals surface area contributed by atoms with Gasteiger partial charge in [0.2, 0.25) is 5.91 Å².